The molecule has 4 N–H and O–H groups in total. The Morgan fingerprint density at radius 3 is 1.88 bits per heavy atom. The molecule has 0 heterocycles. The standard InChI is InChI=1S/C31H43N3O7.BrH/c1-29(2,3)27(38)40-23-15-14-21(16-24(23)41-28(39)30(4,5)6)22(35)17-34-31(7,8)19-33-25(36)18-32-26(37)20-12-10-9-11-13-20;/h9-16,22,34-35H,17-19H2,1-8H3,(H,32,37)(H,33,36);1H. The van der Waals surface area contributed by atoms with E-state index in [2.05, 4.69) is 16.0 Å². The van der Waals surface area contributed by atoms with E-state index in [1.165, 1.54) is 12.1 Å². The monoisotopic (exact) mass is 649 g/mol. The van der Waals surface area contributed by atoms with Crippen LogP contribution in [0.25, 0.3) is 0 Å². The molecule has 1 unspecified atom stereocenters. The van der Waals surface area contributed by atoms with Crippen molar-refractivity contribution in [3.8, 4) is 11.5 Å². The van der Waals surface area contributed by atoms with Crippen LogP contribution in [0.3, 0.4) is 0 Å². The molecule has 2 aromatic carbocycles. The Kier molecular flexibility index (Phi) is 13.4. The molecular weight excluding hydrogens is 606 g/mol. The predicted octanol–water partition coefficient (Wildman–Crippen LogP) is 4.12. The number of aliphatic hydroxyl groups excluding tert-OH is 1. The average Bonchev–Trinajstić information content (AvgIpc) is 2.89. The Balaban J connectivity index is 0.00000882. The van der Waals surface area contributed by atoms with Gasteiger partial charge in [-0.2, -0.15) is 0 Å². The van der Waals surface area contributed by atoms with Gasteiger partial charge < -0.3 is 30.5 Å². The van der Waals surface area contributed by atoms with Gasteiger partial charge in [0.1, 0.15) is 0 Å². The van der Waals surface area contributed by atoms with Crippen molar-refractivity contribution in [1.82, 2.24) is 16.0 Å². The maximum Gasteiger partial charge on any atom is 0.316 e. The molecule has 0 saturated heterocycles. The summed E-state index contributed by atoms with van der Waals surface area (Å²) >= 11 is 0. The first kappa shape index (κ1) is 36.7. The third-order valence-corrected chi connectivity index (χ3v) is 5.93. The van der Waals surface area contributed by atoms with Crippen molar-refractivity contribution in [2.24, 2.45) is 10.8 Å². The van der Waals surface area contributed by atoms with E-state index >= 15 is 0 Å². The third-order valence-electron chi connectivity index (χ3n) is 5.93. The minimum absolute atomic E-state index is 0. The average molecular weight is 651 g/mol. The van der Waals surface area contributed by atoms with Crippen molar-refractivity contribution in [3.05, 3.63) is 59.7 Å². The first-order valence-corrected chi connectivity index (χ1v) is 13.5. The molecule has 0 saturated carbocycles. The van der Waals surface area contributed by atoms with Crippen LogP contribution in [0.2, 0.25) is 0 Å². The number of β-amino-alcohol motifs (C(OH)–C–C–N with tert-alkyl or cyclic N) is 1. The van der Waals surface area contributed by atoms with E-state index in [0.29, 0.717) is 11.1 Å². The summed E-state index contributed by atoms with van der Waals surface area (Å²) in [5.74, 6) is -1.60. The molecule has 2 amide bonds. The second kappa shape index (κ2) is 15.3. The number of halogens is 1. The van der Waals surface area contributed by atoms with Gasteiger partial charge in [-0.3, -0.25) is 19.2 Å². The van der Waals surface area contributed by atoms with Gasteiger partial charge in [-0.25, -0.2) is 0 Å². The van der Waals surface area contributed by atoms with E-state index in [0.717, 1.165) is 0 Å². The second-order valence-electron chi connectivity index (χ2n) is 12.6. The highest BCUT2D eigenvalue weighted by atomic mass is 79.9. The minimum atomic E-state index is -1.01. The summed E-state index contributed by atoms with van der Waals surface area (Å²) in [7, 11) is 0. The van der Waals surface area contributed by atoms with E-state index < -0.39 is 34.4 Å². The number of esters is 2. The van der Waals surface area contributed by atoms with Crippen molar-refractivity contribution in [2.75, 3.05) is 19.6 Å². The summed E-state index contributed by atoms with van der Waals surface area (Å²) < 4.78 is 11.1. The van der Waals surface area contributed by atoms with Crippen molar-refractivity contribution in [1.29, 1.82) is 0 Å². The first-order valence-electron chi connectivity index (χ1n) is 13.5. The van der Waals surface area contributed by atoms with Crippen LogP contribution < -0.4 is 25.4 Å². The zero-order valence-corrected chi connectivity index (χ0v) is 27.3. The lowest BCUT2D eigenvalue weighted by molar-refractivity contribution is -0.145. The number of rotatable bonds is 11. The molecule has 11 heteroatoms. The molecule has 0 aliphatic carbocycles. The number of aliphatic hydroxyl groups is 1. The molecule has 42 heavy (non-hydrogen) atoms. The van der Waals surface area contributed by atoms with Gasteiger partial charge in [0, 0.05) is 24.2 Å². The van der Waals surface area contributed by atoms with Gasteiger partial charge in [-0.15, -0.1) is 17.0 Å². The molecule has 0 aliphatic heterocycles. The van der Waals surface area contributed by atoms with E-state index in [1.807, 2.05) is 13.8 Å². The van der Waals surface area contributed by atoms with Crippen LogP contribution in [-0.4, -0.2) is 54.0 Å². The summed E-state index contributed by atoms with van der Waals surface area (Å²) in [6.07, 6.45) is -1.01. The van der Waals surface area contributed by atoms with Crippen LogP contribution in [-0.2, 0) is 14.4 Å². The molecule has 0 fully saturated rings. The molecule has 10 nitrogen and oxygen atoms in total. The molecular formula is C31H44BrN3O7. The molecule has 1 atom stereocenters. The highest BCUT2D eigenvalue weighted by molar-refractivity contribution is 8.93. The van der Waals surface area contributed by atoms with E-state index in [1.54, 1.807) is 77.9 Å². The van der Waals surface area contributed by atoms with E-state index in [-0.39, 0.29) is 59.9 Å². The van der Waals surface area contributed by atoms with E-state index in [9.17, 15) is 24.3 Å². The predicted molar refractivity (Wildman–Crippen MR) is 166 cm³/mol. The minimum Gasteiger partial charge on any atom is -0.422 e. The molecule has 2 rings (SSSR count). The van der Waals surface area contributed by atoms with Crippen LogP contribution in [0.4, 0.5) is 0 Å². The molecule has 0 aromatic heterocycles. The first-order chi connectivity index (χ1) is 18.9. The maximum atomic E-state index is 12.6. The highest BCUT2D eigenvalue weighted by Gasteiger charge is 2.29. The Bertz CT molecular complexity index is 1240. The summed E-state index contributed by atoms with van der Waals surface area (Å²) in [5, 5.41) is 19.5. The fourth-order valence-electron chi connectivity index (χ4n) is 3.19. The van der Waals surface area contributed by atoms with Gasteiger partial charge in [-0.1, -0.05) is 24.3 Å². The lowest BCUT2D eigenvalue weighted by Gasteiger charge is -2.28. The van der Waals surface area contributed by atoms with E-state index in [4.69, 9.17) is 9.47 Å². The fraction of sp³-hybridized carbons (Fsp3) is 0.484. The number of benzene rings is 2. The van der Waals surface area contributed by atoms with Crippen LogP contribution in [0.5, 0.6) is 11.5 Å². The maximum absolute atomic E-state index is 12.6. The third kappa shape index (κ3) is 11.9. The van der Waals surface area contributed by atoms with Crippen molar-refractivity contribution in [2.45, 2.75) is 67.0 Å². The van der Waals surface area contributed by atoms with Crippen molar-refractivity contribution >= 4 is 40.7 Å². The fourth-order valence-corrected chi connectivity index (χ4v) is 3.19. The lowest BCUT2D eigenvalue weighted by Crippen LogP contribution is -2.51. The summed E-state index contributed by atoms with van der Waals surface area (Å²) in [6, 6.07) is 13.2. The SMILES string of the molecule is Br.CC(C)(CNC(=O)CNC(=O)c1ccccc1)NCC(O)c1ccc(OC(=O)C(C)(C)C)c(OC(=O)C(C)(C)C)c1. The highest BCUT2D eigenvalue weighted by Crippen LogP contribution is 2.34. The second-order valence-corrected chi connectivity index (χ2v) is 12.6. The number of amides is 2. The quantitative estimate of drug-likeness (QED) is 0.210. The molecule has 2 aromatic rings. The molecule has 0 aliphatic rings. The zero-order valence-electron chi connectivity index (χ0n) is 25.6. The van der Waals surface area contributed by atoms with Crippen LogP contribution >= 0.6 is 17.0 Å². The molecule has 0 radical (unpaired) electrons. The van der Waals surface area contributed by atoms with Gasteiger partial charge in [0.2, 0.25) is 5.91 Å². The molecule has 0 bridgehead atoms. The normalized spacial score (nSPS) is 12.4. The zero-order chi connectivity index (χ0) is 31.0. The van der Waals surface area contributed by atoms with Gasteiger partial charge in [0.15, 0.2) is 11.5 Å². The van der Waals surface area contributed by atoms with Crippen LogP contribution in [0.15, 0.2) is 48.5 Å². The number of carbonyl (C=O) groups is 4. The number of carbonyl (C=O) groups excluding carboxylic acids is 4. The van der Waals surface area contributed by atoms with Crippen LogP contribution in [0, 0.1) is 10.8 Å². The summed E-state index contributed by atoms with van der Waals surface area (Å²) in [5.41, 5.74) is -1.28. The van der Waals surface area contributed by atoms with Crippen molar-refractivity contribution in [3.63, 3.8) is 0 Å². The van der Waals surface area contributed by atoms with Gasteiger partial charge in [0.05, 0.1) is 23.5 Å². The Hall–Kier alpha value is -3.28. The molecule has 232 valence electrons. The van der Waals surface area contributed by atoms with Crippen LogP contribution in [0.1, 0.15) is 77.4 Å². The summed E-state index contributed by atoms with van der Waals surface area (Å²) in [4.78, 5) is 49.5. The lowest BCUT2D eigenvalue weighted by atomic mass is 9.97. The number of ether oxygens (including phenoxy) is 2. The topological polar surface area (TPSA) is 143 Å². The number of hydrogen-bond donors (Lipinski definition) is 4. The smallest absolute Gasteiger partial charge is 0.316 e. The van der Waals surface area contributed by atoms with Gasteiger partial charge in [0.25, 0.3) is 5.91 Å². The van der Waals surface area contributed by atoms with Gasteiger partial charge >= 0.3 is 11.9 Å². The Morgan fingerprint density at radius 2 is 1.33 bits per heavy atom. The van der Waals surface area contributed by atoms with Gasteiger partial charge in [-0.05, 0) is 85.2 Å². The number of nitrogens with one attached hydrogen (secondary N) is 3. The Labute approximate surface area is 258 Å². The molecule has 0 spiro atoms. The summed E-state index contributed by atoms with van der Waals surface area (Å²) in [6.45, 7) is 14.1. The Morgan fingerprint density at radius 1 is 0.786 bits per heavy atom. The number of hydrogen-bond acceptors (Lipinski definition) is 8. The largest absolute Gasteiger partial charge is 0.422 e. The van der Waals surface area contributed by atoms with Crippen molar-refractivity contribution < 1.29 is 33.8 Å².